The molecule has 0 saturated carbocycles. The molecule has 1 aliphatic carbocycles. The molecule has 2 aromatic heterocycles. The molecule has 0 saturated heterocycles. The molecule has 2 heterocycles. The Morgan fingerprint density at radius 3 is 2.19 bits per heavy atom. The number of ether oxygens (including phenoxy) is 2. The predicted molar refractivity (Wildman–Crippen MR) is 226 cm³/mol. The molecule has 1 radical (unpaired) electrons. The summed E-state index contributed by atoms with van der Waals surface area (Å²) in [6.07, 6.45) is 2.41. The summed E-state index contributed by atoms with van der Waals surface area (Å²) < 4.78 is 12.7. The van der Waals surface area contributed by atoms with Crippen LogP contribution in [0.25, 0.3) is 55.1 Å². The number of aliphatic hydroxyl groups is 1. The minimum atomic E-state index is -0.414. The molecule has 7 nitrogen and oxygen atoms in total. The molecule has 2 atom stereocenters. The number of benzene rings is 5. The topological polar surface area (TPSA) is 95.0 Å². The van der Waals surface area contributed by atoms with Gasteiger partial charge in [-0.15, -0.1) is 29.3 Å². The first kappa shape index (κ1) is 41.1. The molecule has 0 spiro atoms. The van der Waals surface area contributed by atoms with Crippen molar-refractivity contribution in [3.63, 3.8) is 0 Å². The number of nitrogens with zero attached hydrogens (tertiary/aromatic N) is 2. The number of hydrogen-bond donors (Lipinski definition) is 1. The van der Waals surface area contributed by atoms with Crippen molar-refractivity contribution in [3.05, 3.63) is 150 Å². The van der Waals surface area contributed by atoms with Crippen LogP contribution in [0.15, 0.2) is 133 Å². The van der Waals surface area contributed by atoms with Crippen molar-refractivity contribution in [2.75, 3.05) is 13.2 Å². The normalized spacial score (nSPS) is 13.8. The van der Waals surface area contributed by atoms with Crippen LogP contribution in [0, 0.1) is 12.0 Å². The van der Waals surface area contributed by atoms with Gasteiger partial charge in [-0.25, -0.2) is 0 Å². The molecule has 0 aliphatic heterocycles. The van der Waals surface area contributed by atoms with E-state index in [0.29, 0.717) is 12.8 Å². The van der Waals surface area contributed by atoms with E-state index in [1.165, 1.54) is 45.3 Å². The summed E-state index contributed by atoms with van der Waals surface area (Å²) in [5, 5.41) is 12.7. The Morgan fingerprint density at radius 1 is 0.860 bits per heavy atom. The van der Waals surface area contributed by atoms with E-state index < -0.39 is 5.97 Å². The molecule has 2 unspecified atom stereocenters. The average molecular weight is 937 g/mol. The fourth-order valence-corrected chi connectivity index (χ4v) is 8.00. The molecule has 8 heteroatoms. The van der Waals surface area contributed by atoms with E-state index in [1.54, 1.807) is 0 Å². The zero-order valence-corrected chi connectivity index (χ0v) is 35.3. The van der Waals surface area contributed by atoms with Crippen LogP contribution < -0.4 is 0 Å². The standard InChI is InChI=1S/C25H29NO5.C24H18N.Ir/c1-4-19(25(29)31-14-13-30-24(28)16-18(3)27)15-17(2)26-22-11-7-5-9-20(22)21-10-6-8-12-23(21)26;1-24(2)20-9-5-4-8-18(20)19-13-11-17(15-21(19)24)23-14-12-16-7-3-6-10-22(16)25-23;/h5-12,16-17,19,27H,4,13-15H2,1-3H3;3-10,12-15H,1-2H3;/q;-1;/p+1/b18-16-;;. The van der Waals surface area contributed by atoms with Gasteiger partial charge < -0.3 is 23.9 Å². The minimum Gasteiger partial charge on any atom is -0.512 e. The monoisotopic (exact) mass is 937 g/mol. The number of fused-ring (bicyclic) bond motifs is 7. The number of esters is 2. The Bertz CT molecular complexity index is 2530. The van der Waals surface area contributed by atoms with E-state index in [4.69, 9.17) is 19.6 Å². The number of aliphatic hydroxyl groups excluding tert-OH is 1. The fraction of sp³-hybridized carbons (Fsp3) is 0.245. The third-order valence-corrected chi connectivity index (χ3v) is 10.8. The molecule has 1 aliphatic rings. The average Bonchev–Trinajstić information content (AvgIpc) is 3.66. The van der Waals surface area contributed by atoms with Crippen LogP contribution in [0.4, 0.5) is 0 Å². The van der Waals surface area contributed by atoms with Gasteiger partial charge in [0, 0.05) is 48.0 Å². The van der Waals surface area contributed by atoms with E-state index in [-0.39, 0.29) is 62.4 Å². The van der Waals surface area contributed by atoms with Crippen LogP contribution in [0.5, 0.6) is 0 Å². The Labute approximate surface area is 347 Å². The van der Waals surface area contributed by atoms with Gasteiger partial charge in [-0.2, -0.15) is 0 Å². The summed E-state index contributed by atoms with van der Waals surface area (Å²) in [5.41, 5.74) is 10.8. The summed E-state index contributed by atoms with van der Waals surface area (Å²) in [7, 11) is 0. The summed E-state index contributed by atoms with van der Waals surface area (Å²) in [4.78, 5) is 26.9. The van der Waals surface area contributed by atoms with Gasteiger partial charge in [0.1, 0.15) is 11.8 Å². The predicted octanol–water partition coefficient (Wildman–Crippen LogP) is 11.3. The number of para-hydroxylation sites is 3. The van der Waals surface area contributed by atoms with Gasteiger partial charge in [-0.3, -0.25) is 9.78 Å². The summed E-state index contributed by atoms with van der Waals surface area (Å²) in [6, 6.07) is 45.8. The van der Waals surface area contributed by atoms with Gasteiger partial charge in [-0.1, -0.05) is 123 Å². The van der Waals surface area contributed by atoms with Crippen LogP contribution >= 0.6 is 0 Å². The minimum absolute atomic E-state index is 0. The maximum absolute atomic E-state index is 12.6. The second-order valence-corrected chi connectivity index (χ2v) is 15.0. The fourth-order valence-electron chi connectivity index (χ4n) is 8.00. The quantitative estimate of drug-likeness (QED) is 0.0368. The first-order chi connectivity index (χ1) is 27.1. The van der Waals surface area contributed by atoms with Crippen molar-refractivity contribution in [1.29, 1.82) is 0 Å². The van der Waals surface area contributed by atoms with E-state index in [1.807, 2.05) is 43.3 Å². The molecule has 0 fully saturated rings. The SMILES string of the molecule is CC1(C)c2ccccc2-c2c[c-]c(-c3ccc4ccccc4n3)cc21.CCC(CC(C)n1c2ccccc2c2ccccc21)C(=O)OCCOC(=[OH+])/C=C(/C)O.[Ir]. The zero-order valence-electron chi connectivity index (χ0n) is 33.0. The number of allylic oxidation sites excluding steroid dienone is 1. The van der Waals surface area contributed by atoms with E-state index in [2.05, 4.69) is 116 Å². The number of carbonyl (C=O) groups is 1. The van der Waals surface area contributed by atoms with Gasteiger partial charge in [0.15, 0.2) is 6.61 Å². The number of aromatic nitrogens is 2. The van der Waals surface area contributed by atoms with Crippen LogP contribution in [0.3, 0.4) is 0 Å². The Hall–Kier alpha value is -5.56. The molecule has 57 heavy (non-hydrogen) atoms. The Balaban J connectivity index is 0.000000193. The van der Waals surface area contributed by atoms with Gasteiger partial charge in [0.2, 0.25) is 6.61 Å². The summed E-state index contributed by atoms with van der Waals surface area (Å²) in [6.45, 7) is 10.2. The van der Waals surface area contributed by atoms with Crippen molar-refractivity contribution in [1.82, 2.24) is 9.55 Å². The first-order valence-corrected chi connectivity index (χ1v) is 19.3. The van der Waals surface area contributed by atoms with Gasteiger partial charge >= 0.3 is 11.9 Å². The number of rotatable bonds is 10. The molecule has 8 rings (SSSR count). The molecule has 5 aromatic carbocycles. The van der Waals surface area contributed by atoms with Crippen LogP contribution in [0.1, 0.15) is 64.6 Å². The molecular weight excluding hydrogens is 889 g/mol. The summed E-state index contributed by atoms with van der Waals surface area (Å²) in [5.74, 6) is -0.998. The van der Waals surface area contributed by atoms with Crippen LogP contribution in [0.2, 0.25) is 0 Å². The Morgan fingerprint density at radius 2 is 1.49 bits per heavy atom. The Kier molecular flexibility index (Phi) is 12.8. The number of pyridine rings is 1. The van der Waals surface area contributed by atoms with Gasteiger partial charge in [0.05, 0.1) is 11.4 Å². The number of carbonyl (C=O) groups excluding carboxylic acids is 2. The molecule has 2 N–H and O–H groups in total. The van der Waals surface area contributed by atoms with Crippen molar-refractivity contribution < 1.29 is 44.3 Å². The second-order valence-electron chi connectivity index (χ2n) is 15.0. The van der Waals surface area contributed by atoms with Crippen molar-refractivity contribution >= 4 is 44.6 Å². The smallest absolute Gasteiger partial charge is 0.512 e. The van der Waals surface area contributed by atoms with Crippen LogP contribution in [-0.2, 0) is 39.8 Å². The second kappa shape index (κ2) is 17.7. The van der Waals surface area contributed by atoms with E-state index >= 15 is 0 Å². The molecule has 293 valence electrons. The van der Waals surface area contributed by atoms with Crippen molar-refractivity contribution in [2.24, 2.45) is 5.92 Å². The van der Waals surface area contributed by atoms with Gasteiger partial charge in [0.25, 0.3) is 0 Å². The van der Waals surface area contributed by atoms with E-state index in [0.717, 1.165) is 33.9 Å². The maximum Gasteiger partial charge on any atom is 0.513 e. The molecular formula is C49H48IrN2O5. The van der Waals surface area contributed by atoms with Gasteiger partial charge in [-0.05, 0) is 66.9 Å². The molecule has 7 aromatic rings. The summed E-state index contributed by atoms with van der Waals surface area (Å²) >= 11 is 0. The third kappa shape index (κ3) is 8.58. The zero-order chi connectivity index (χ0) is 39.4. The molecule has 0 amide bonds. The van der Waals surface area contributed by atoms with Crippen LogP contribution in [-0.4, -0.2) is 44.6 Å². The van der Waals surface area contributed by atoms with Crippen molar-refractivity contribution in [2.45, 2.75) is 58.9 Å². The first-order valence-electron chi connectivity index (χ1n) is 19.3. The molecule has 0 bridgehead atoms. The van der Waals surface area contributed by atoms with E-state index in [9.17, 15) is 9.59 Å². The number of hydrogen-bond acceptors (Lipinski definition) is 5. The third-order valence-electron chi connectivity index (χ3n) is 10.8. The maximum atomic E-state index is 12.6. The largest absolute Gasteiger partial charge is 0.513 e. The van der Waals surface area contributed by atoms with Crippen molar-refractivity contribution in [3.8, 4) is 22.4 Å².